The minimum Gasteiger partial charge on any atom is -0.191 e. The molecule has 0 aromatic heterocycles. The molecule has 0 fully saturated rings. The molecule has 0 aromatic rings. The zero-order chi connectivity index (χ0) is 9.28. The first-order valence-electron chi connectivity index (χ1n) is 2.42. The van der Waals surface area contributed by atoms with E-state index >= 15 is 0 Å². The molecule has 0 saturated carbocycles. The van der Waals surface area contributed by atoms with Crippen LogP contribution in [0.5, 0.6) is 0 Å². The zero-order valence-electron chi connectivity index (χ0n) is 5.18. The lowest BCUT2D eigenvalue weighted by molar-refractivity contribution is -0.263. The van der Waals surface area contributed by atoms with Crippen molar-refractivity contribution >= 4 is 11.6 Å². The highest BCUT2D eigenvalue weighted by Crippen LogP contribution is 2.40. The molecule has 0 unspecified atom stereocenters. The Hall–Kier alpha value is -0.320. The van der Waals surface area contributed by atoms with Crippen LogP contribution in [0.1, 0.15) is 0 Å². The summed E-state index contributed by atoms with van der Waals surface area (Å²) in [5.41, 5.74) is -1.34. The van der Waals surface area contributed by atoms with Gasteiger partial charge in [0.15, 0.2) is 0 Å². The summed E-state index contributed by atoms with van der Waals surface area (Å²) in [6, 6.07) is 0. The van der Waals surface area contributed by atoms with E-state index in [1.807, 2.05) is 0 Å². The Bertz CT molecular complexity index is 159. The first-order valence-corrected chi connectivity index (χ1v) is 2.95. The minimum atomic E-state index is -5.60. The lowest BCUT2D eigenvalue weighted by Gasteiger charge is -2.19. The largest absolute Gasteiger partial charge is 0.457 e. The fourth-order valence-electron chi connectivity index (χ4n) is 0.284. The summed E-state index contributed by atoms with van der Waals surface area (Å²) in [7, 11) is 0. The quantitative estimate of drug-likeness (QED) is 0.360. The van der Waals surface area contributed by atoms with Gasteiger partial charge in [-0.05, 0) is 0 Å². The predicted molar refractivity (Wildman–Crippen MR) is 30.9 cm³/mol. The number of halogens is 6. The molecule has 0 bridgehead atoms. The van der Waals surface area contributed by atoms with Crippen molar-refractivity contribution < 1.29 is 22.0 Å². The molecule has 6 heteroatoms. The number of hydrogen-bond acceptors (Lipinski definition) is 0. The van der Waals surface area contributed by atoms with E-state index in [1.165, 1.54) is 0 Å². The fourth-order valence-corrected chi connectivity index (χ4v) is 0.452. The molecule has 0 atom stereocenters. The van der Waals surface area contributed by atoms with Crippen LogP contribution in [0.25, 0.3) is 0 Å². The van der Waals surface area contributed by atoms with E-state index in [4.69, 9.17) is 11.6 Å². The molecule has 0 radical (unpaired) electrons. The van der Waals surface area contributed by atoms with Gasteiger partial charge in [0.2, 0.25) is 0 Å². The van der Waals surface area contributed by atoms with Gasteiger partial charge < -0.3 is 0 Å². The molecule has 0 amide bonds. The second kappa shape index (κ2) is 2.97. The van der Waals surface area contributed by atoms with Gasteiger partial charge in [0.1, 0.15) is 0 Å². The average molecular weight is 195 g/mol. The highest BCUT2D eigenvalue weighted by molar-refractivity contribution is 6.19. The molecule has 0 nitrogen and oxygen atoms in total. The van der Waals surface area contributed by atoms with Gasteiger partial charge in [0.25, 0.3) is 0 Å². The summed E-state index contributed by atoms with van der Waals surface area (Å²) >= 11 is 4.76. The Morgan fingerprint density at radius 3 is 1.64 bits per heavy atom. The molecule has 0 saturated heterocycles. The third-order valence-electron chi connectivity index (χ3n) is 0.961. The van der Waals surface area contributed by atoms with Crippen LogP contribution in [-0.4, -0.2) is 18.0 Å². The zero-order valence-corrected chi connectivity index (χ0v) is 5.94. The van der Waals surface area contributed by atoms with Crippen molar-refractivity contribution in [1.29, 1.82) is 0 Å². The lowest BCUT2D eigenvalue weighted by atomic mass is 10.2. The van der Waals surface area contributed by atoms with E-state index in [9.17, 15) is 22.0 Å². The van der Waals surface area contributed by atoms with Crippen molar-refractivity contribution in [2.45, 2.75) is 12.1 Å². The number of rotatable bonds is 2. The SMILES string of the molecule is C=C(CCl)C(F)(F)C(F)(F)F. The molecule has 0 N–H and O–H groups in total. The van der Waals surface area contributed by atoms with Crippen LogP contribution in [0.3, 0.4) is 0 Å². The van der Waals surface area contributed by atoms with Gasteiger partial charge in [-0.25, -0.2) is 0 Å². The van der Waals surface area contributed by atoms with Crippen LogP contribution >= 0.6 is 11.6 Å². The van der Waals surface area contributed by atoms with Crippen molar-refractivity contribution in [1.82, 2.24) is 0 Å². The lowest BCUT2D eigenvalue weighted by Crippen LogP contribution is -2.38. The molecular weight excluding hydrogens is 190 g/mol. The summed E-state index contributed by atoms with van der Waals surface area (Å²) in [4.78, 5) is 0. The van der Waals surface area contributed by atoms with Gasteiger partial charge >= 0.3 is 12.1 Å². The van der Waals surface area contributed by atoms with E-state index in [1.54, 1.807) is 0 Å². The second-order valence-corrected chi connectivity index (χ2v) is 2.08. The number of alkyl halides is 6. The first kappa shape index (κ1) is 10.7. The first-order chi connectivity index (χ1) is 4.73. The molecule has 66 valence electrons. The summed E-state index contributed by atoms with van der Waals surface area (Å²) < 4.78 is 58.2. The average Bonchev–Trinajstić information content (AvgIpc) is 1.83. The van der Waals surface area contributed by atoms with Gasteiger partial charge in [0.05, 0.1) is 0 Å². The van der Waals surface area contributed by atoms with Crippen LogP contribution in [0.4, 0.5) is 22.0 Å². The molecule has 0 spiro atoms. The third kappa shape index (κ3) is 2.05. The highest BCUT2D eigenvalue weighted by Gasteiger charge is 2.58. The Morgan fingerprint density at radius 2 is 1.55 bits per heavy atom. The second-order valence-electron chi connectivity index (χ2n) is 1.81. The van der Waals surface area contributed by atoms with Gasteiger partial charge in [-0.3, -0.25) is 0 Å². The van der Waals surface area contributed by atoms with Crippen LogP contribution in [0.15, 0.2) is 12.2 Å². The molecule has 0 heterocycles. The molecule has 0 rings (SSSR count). The van der Waals surface area contributed by atoms with Crippen molar-refractivity contribution in [2.24, 2.45) is 0 Å². The van der Waals surface area contributed by atoms with Crippen LogP contribution in [-0.2, 0) is 0 Å². The molecule has 0 aliphatic rings. The van der Waals surface area contributed by atoms with Crippen molar-refractivity contribution in [3.8, 4) is 0 Å². The fraction of sp³-hybridized carbons (Fsp3) is 0.600. The van der Waals surface area contributed by atoms with E-state index < -0.39 is 23.6 Å². The molecule has 0 aromatic carbocycles. The topological polar surface area (TPSA) is 0 Å². The molecule has 0 aliphatic carbocycles. The van der Waals surface area contributed by atoms with Crippen molar-refractivity contribution in [2.75, 3.05) is 5.88 Å². The Labute approximate surface area is 64.6 Å². The van der Waals surface area contributed by atoms with Crippen molar-refractivity contribution in [3.63, 3.8) is 0 Å². The van der Waals surface area contributed by atoms with E-state index in [2.05, 4.69) is 6.58 Å². The van der Waals surface area contributed by atoms with Gasteiger partial charge in [0, 0.05) is 11.5 Å². The van der Waals surface area contributed by atoms with Gasteiger partial charge in [-0.15, -0.1) is 11.6 Å². The standard InChI is InChI=1S/C5H4ClF5/c1-3(2-6)4(7,8)5(9,10)11/h1-2H2. The number of hydrogen-bond donors (Lipinski definition) is 0. The smallest absolute Gasteiger partial charge is 0.191 e. The summed E-state index contributed by atoms with van der Waals surface area (Å²) in [6.45, 7) is 2.51. The Balaban J connectivity index is 4.59. The predicted octanol–water partition coefficient (Wildman–Crippen LogP) is 2.98. The van der Waals surface area contributed by atoms with Gasteiger partial charge in [-0.1, -0.05) is 6.58 Å². The summed E-state index contributed by atoms with van der Waals surface area (Å²) in [5, 5.41) is 0. The van der Waals surface area contributed by atoms with E-state index in [-0.39, 0.29) is 0 Å². The summed E-state index contributed by atoms with van der Waals surface area (Å²) in [5.74, 6) is -5.79. The van der Waals surface area contributed by atoms with Crippen LogP contribution < -0.4 is 0 Å². The Kier molecular flexibility index (Phi) is 2.88. The monoisotopic (exact) mass is 194 g/mol. The molecular formula is C5H4ClF5. The van der Waals surface area contributed by atoms with Crippen LogP contribution in [0, 0.1) is 0 Å². The third-order valence-corrected chi connectivity index (χ3v) is 1.28. The minimum absolute atomic E-state index is 0.910. The normalized spacial score (nSPS) is 13.3. The van der Waals surface area contributed by atoms with Crippen LogP contribution in [0.2, 0.25) is 0 Å². The molecule has 11 heavy (non-hydrogen) atoms. The molecule has 0 aliphatic heterocycles. The Morgan fingerprint density at radius 1 is 1.18 bits per heavy atom. The van der Waals surface area contributed by atoms with Crippen molar-refractivity contribution in [3.05, 3.63) is 12.2 Å². The highest BCUT2D eigenvalue weighted by atomic mass is 35.5. The van der Waals surface area contributed by atoms with E-state index in [0.29, 0.717) is 0 Å². The summed E-state index contributed by atoms with van der Waals surface area (Å²) in [6.07, 6.45) is -5.60. The van der Waals surface area contributed by atoms with E-state index in [0.717, 1.165) is 0 Å². The van der Waals surface area contributed by atoms with Gasteiger partial charge in [-0.2, -0.15) is 22.0 Å². The maximum atomic E-state index is 12.0. The number of allylic oxidation sites excluding steroid dienone is 1. The maximum Gasteiger partial charge on any atom is 0.457 e. The maximum absolute atomic E-state index is 12.0.